The molecule has 0 radical (unpaired) electrons. The number of likely N-dealkylation sites (tertiary alicyclic amines) is 1. The molecule has 1 saturated heterocycles. The summed E-state index contributed by atoms with van der Waals surface area (Å²) in [5.41, 5.74) is 4.48. The molecular formula is C23H24ClN3O2. The number of hydrogen-bond acceptors (Lipinski definition) is 4. The highest BCUT2D eigenvalue weighted by atomic mass is 35.5. The van der Waals surface area contributed by atoms with Crippen LogP contribution in [0.5, 0.6) is 0 Å². The zero-order chi connectivity index (χ0) is 20.2. The van der Waals surface area contributed by atoms with Crippen LogP contribution in [0.25, 0.3) is 11.6 Å². The van der Waals surface area contributed by atoms with Crippen molar-refractivity contribution in [3.05, 3.63) is 76.6 Å². The van der Waals surface area contributed by atoms with Crippen LogP contribution in [-0.4, -0.2) is 40.7 Å². The Morgan fingerprint density at radius 1 is 1.34 bits per heavy atom. The van der Waals surface area contributed by atoms with Gasteiger partial charge in [-0.05, 0) is 66.8 Å². The van der Waals surface area contributed by atoms with Gasteiger partial charge in [-0.25, -0.2) is 9.31 Å². The molecule has 3 aromatic rings. The van der Waals surface area contributed by atoms with Gasteiger partial charge in [0.05, 0.1) is 18.8 Å². The zero-order valence-electron chi connectivity index (χ0n) is 16.4. The van der Waals surface area contributed by atoms with Crippen LogP contribution < -0.4 is 0 Å². The maximum absolute atomic E-state index is 11.3. The Hall–Kier alpha value is -2.63. The number of carbonyl (C=O) groups is 1. The Kier molecular flexibility index (Phi) is 5.97. The Balaban J connectivity index is 1.46. The summed E-state index contributed by atoms with van der Waals surface area (Å²) in [7, 11) is 1.37. The van der Waals surface area contributed by atoms with Crippen LogP contribution in [0.3, 0.4) is 0 Å². The van der Waals surface area contributed by atoms with E-state index in [0.29, 0.717) is 6.04 Å². The molecule has 2 aromatic heterocycles. The fourth-order valence-electron chi connectivity index (χ4n) is 4.04. The molecule has 0 N–H and O–H groups in total. The maximum atomic E-state index is 11.3. The van der Waals surface area contributed by atoms with Gasteiger partial charge in [0.15, 0.2) is 0 Å². The zero-order valence-corrected chi connectivity index (χ0v) is 17.2. The molecule has 1 aliphatic heterocycles. The fourth-order valence-corrected chi connectivity index (χ4v) is 4.35. The smallest absolute Gasteiger partial charge is 0.330 e. The summed E-state index contributed by atoms with van der Waals surface area (Å²) in [5, 5.41) is 5.18. The monoisotopic (exact) mass is 409 g/mol. The molecular weight excluding hydrogens is 386 g/mol. The average molecular weight is 410 g/mol. The minimum atomic E-state index is -0.375. The Morgan fingerprint density at radius 2 is 2.24 bits per heavy atom. The van der Waals surface area contributed by atoms with Gasteiger partial charge in [0, 0.05) is 29.9 Å². The van der Waals surface area contributed by atoms with Crippen molar-refractivity contribution in [2.75, 3.05) is 20.2 Å². The van der Waals surface area contributed by atoms with Gasteiger partial charge in [0.2, 0.25) is 0 Å². The van der Waals surface area contributed by atoms with E-state index in [1.807, 2.05) is 35.1 Å². The van der Waals surface area contributed by atoms with Crippen molar-refractivity contribution < 1.29 is 9.53 Å². The van der Waals surface area contributed by atoms with E-state index in [9.17, 15) is 4.79 Å². The molecule has 1 aromatic carbocycles. The van der Waals surface area contributed by atoms with Gasteiger partial charge >= 0.3 is 5.97 Å². The molecule has 0 aliphatic carbocycles. The predicted molar refractivity (Wildman–Crippen MR) is 115 cm³/mol. The number of nitrogens with zero attached hydrogens (tertiary/aromatic N) is 3. The van der Waals surface area contributed by atoms with E-state index in [1.54, 1.807) is 6.08 Å². The lowest BCUT2D eigenvalue weighted by atomic mass is 10.0. The van der Waals surface area contributed by atoms with E-state index >= 15 is 0 Å². The molecule has 6 heteroatoms. The number of esters is 1. The highest BCUT2D eigenvalue weighted by Crippen LogP contribution is 2.36. The van der Waals surface area contributed by atoms with Crippen LogP contribution >= 0.6 is 11.6 Å². The van der Waals surface area contributed by atoms with E-state index in [2.05, 4.69) is 32.9 Å². The number of benzene rings is 1. The first-order valence-electron chi connectivity index (χ1n) is 9.86. The summed E-state index contributed by atoms with van der Waals surface area (Å²) in [4.78, 5) is 13.8. The standard InChI is InChI=1S/C23H24ClN3O2/c1-29-23(28)10-8-17-7-9-19(20(24)15-17)22-6-4-12-26(22)14-11-18-16-25-27-13-3-2-5-21(18)27/h2-3,5,7-10,13,15-16,22H,4,6,11-12,14H2,1H3/b10-8+/t22-/m0/s1. The van der Waals surface area contributed by atoms with Gasteiger partial charge in [-0.2, -0.15) is 5.10 Å². The number of ether oxygens (including phenoxy) is 1. The minimum Gasteiger partial charge on any atom is -0.466 e. The van der Waals surface area contributed by atoms with Crippen LogP contribution in [0.2, 0.25) is 5.02 Å². The van der Waals surface area contributed by atoms with Gasteiger partial charge < -0.3 is 4.74 Å². The molecule has 3 heterocycles. The van der Waals surface area contributed by atoms with Crippen LogP contribution in [-0.2, 0) is 16.0 Å². The fraction of sp³-hybridized carbons (Fsp3) is 0.304. The molecule has 0 amide bonds. The lowest BCUT2D eigenvalue weighted by Crippen LogP contribution is -2.26. The van der Waals surface area contributed by atoms with Crippen molar-refractivity contribution in [1.29, 1.82) is 0 Å². The average Bonchev–Trinajstić information content (AvgIpc) is 3.37. The van der Waals surface area contributed by atoms with Crippen molar-refractivity contribution in [3.63, 3.8) is 0 Å². The van der Waals surface area contributed by atoms with Crippen molar-refractivity contribution in [1.82, 2.24) is 14.5 Å². The van der Waals surface area contributed by atoms with E-state index in [0.717, 1.165) is 42.1 Å². The second-order valence-electron chi connectivity index (χ2n) is 7.28. The first-order valence-corrected chi connectivity index (χ1v) is 10.2. The molecule has 0 spiro atoms. The first kappa shape index (κ1) is 19.7. The molecule has 0 unspecified atom stereocenters. The first-order chi connectivity index (χ1) is 14.2. The number of pyridine rings is 1. The highest BCUT2D eigenvalue weighted by Gasteiger charge is 2.27. The molecule has 5 nitrogen and oxygen atoms in total. The van der Waals surface area contributed by atoms with Gasteiger partial charge in [-0.3, -0.25) is 4.90 Å². The molecule has 150 valence electrons. The number of fused-ring (bicyclic) bond motifs is 1. The Morgan fingerprint density at radius 3 is 3.07 bits per heavy atom. The second-order valence-corrected chi connectivity index (χ2v) is 7.69. The van der Waals surface area contributed by atoms with Gasteiger partial charge in [0.1, 0.15) is 0 Å². The summed E-state index contributed by atoms with van der Waals surface area (Å²) in [6, 6.07) is 12.5. The summed E-state index contributed by atoms with van der Waals surface area (Å²) in [6.07, 6.45) is 10.3. The van der Waals surface area contributed by atoms with Gasteiger partial charge in [-0.1, -0.05) is 29.8 Å². The van der Waals surface area contributed by atoms with Crippen molar-refractivity contribution in [2.45, 2.75) is 25.3 Å². The van der Waals surface area contributed by atoms with Crippen molar-refractivity contribution >= 4 is 29.2 Å². The molecule has 4 rings (SSSR count). The number of halogens is 1. The predicted octanol–water partition coefficient (Wildman–Crippen LogP) is 4.55. The molecule has 0 bridgehead atoms. The summed E-state index contributed by atoms with van der Waals surface area (Å²) < 4.78 is 6.56. The molecule has 0 saturated carbocycles. The molecule has 1 atom stereocenters. The third kappa shape index (κ3) is 4.36. The number of hydrogen-bond donors (Lipinski definition) is 0. The van der Waals surface area contributed by atoms with Crippen molar-refractivity contribution in [2.24, 2.45) is 0 Å². The SMILES string of the molecule is COC(=O)/C=C/c1ccc([C@@H]2CCCN2CCc2cnn3ccccc23)c(Cl)c1. The third-order valence-corrected chi connectivity index (χ3v) is 5.86. The summed E-state index contributed by atoms with van der Waals surface area (Å²) >= 11 is 6.61. The molecule has 1 aliphatic rings. The van der Waals surface area contributed by atoms with E-state index in [1.165, 1.54) is 30.7 Å². The lowest BCUT2D eigenvalue weighted by molar-refractivity contribution is -0.134. The molecule has 29 heavy (non-hydrogen) atoms. The minimum absolute atomic E-state index is 0.322. The Labute approximate surface area is 175 Å². The topological polar surface area (TPSA) is 46.8 Å². The molecule has 1 fully saturated rings. The normalized spacial score (nSPS) is 17.4. The summed E-state index contributed by atoms with van der Waals surface area (Å²) in [6.45, 7) is 2.05. The quantitative estimate of drug-likeness (QED) is 0.442. The highest BCUT2D eigenvalue weighted by molar-refractivity contribution is 6.31. The van der Waals surface area contributed by atoms with Gasteiger partial charge in [-0.15, -0.1) is 0 Å². The van der Waals surface area contributed by atoms with E-state index in [-0.39, 0.29) is 5.97 Å². The number of rotatable bonds is 6. The maximum Gasteiger partial charge on any atom is 0.330 e. The van der Waals surface area contributed by atoms with Crippen LogP contribution in [0.4, 0.5) is 0 Å². The third-order valence-electron chi connectivity index (χ3n) is 5.53. The van der Waals surface area contributed by atoms with E-state index in [4.69, 9.17) is 11.6 Å². The lowest BCUT2D eigenvalue weighted by Gasteiger charge is -2.25. The second kappa shape index (κ2) is 8.80. The van der Waals surface area contributed by atoms with Crippen LogP contribution in [0.15, 0.2) is 54.9 Å². The number of carbonyl (C=O) groups excluding carboxylic acids is 1. The van der Waals surface area contributed by atoms with E-state index < -0.39 is 0 Å². The number of methoxy groups -OCH3 is 1. The largest absolute Gasteiger partial charge is 0.466 e. The van der Waals surface area contributed by atoms with Crippen LogP contribution in [0.1, 0.15) is 35.6 Å². The van der Waals surface area contributed by atoms with Crippen LogP contribution in [0, 0.1) is 0 Å². The Bertz CT molecular complexity index is 1040. The number of aromatic nitrogens is 2. The summed E-state index contributed by atoms with van der Waals surface area (Å²) in [5.74, 6) is -0.375. The van der Waals surface area contributed by atoms with Gasteiger partial charge in [0.25, 0.3) is 0 Å². The van der Waals surface area contributed by atoms with Crippen molar-refractivity contribution in [3.8, 4) is 0 Å².